The van der Waals surface area contributed by atoms with Gasteiger partial charge in [0.1, 0.15) is 5.75 Å². The van der Waals surface area contributed by atoms with Crippen LogP contribution in [0.25, 0.3) is 0 Å². The van der Waals surface area contributed by atoms with Crippen LogP contribution < -0.4 is 10.1 Å². The maximum Gasteiger partial charge on any atom is 0.123 e. The van der Waals surface area contributed by atoms with Crippen LogP contribution in [0.2, 0.25) is 0 Å². The minimum absolute atomic E-state index is 0.857. The van der Waals surface area contributed by atoms with Crippen LogP contribution in [0.15, 0.2) is 22.7 Å². The maximum atomic E-state index is 5.31. The zero-order valence-electron chi connectivity index (χ0n) is 9.38. The molecule has 0 radical (unpaired) electrons. The van der Waals surface area contributed by atoms with Crippen molar-refractivity contribution < 1.29 is 4.74 Å². The molecule has 1 aromatic rings. The van der Waals surface area contributed by atoms with Crippen LogP contribution in [0.3, 0.4) is 0 Å². The molecule has 1 rings (SSSR count). The predicted octanol–water partition coefficient (Wildman–Crippen LogP) is 2.07. The van der Waals surface area contributed by atoms with Gasteiger partial charge in [-0.05, 0) is 32.3 Å². The third-order valence-electron chi connectivity index (χ3n) is 2.11. The fourth-order valence-corrected chi connectivity index (χ4v) is 1.90. The lowest BCUT2D eigenvalue weighted by molar-refractivity contribution is 0.302. The molecule has 0 heterocycles. The quantitative estimate of drug-likeness (QED) is 0.831. The zero-order chi connectivity index (χ0) is 11.3. The number of nitrogens with one attached hydrogen (secondary N) is 1. The Kier molecular flexibility index (Phi) is 5.08. The first-order valence-electron chi connectivity index (χ1n) is 4.83. The van der Waals surface area contributed by atoms with E-state index in [1.54, 1.807) is 7.11 Å². The van der Waals surface area contributed by atoms with Crippen molar-refractivity contribution in [3.63, 3.8) is 0 Å². The van der Waals surface area contributed by atoms with E-state index in [1.807, 2.05) is 19.2 Å². The topological polar surface area (TPSA) is 24.5 Å². The van der Waals surface area contributed by atoms with Gasteiger partial charge in [0.2, 0.25) is 0 Å². The number of rotatable bonds is 5. The van der Waals surface area contributed by atoms with Crippen molar-refractivity contribution in [3.8, 4) is 5.75 Å². The molecule has 84 valence electrons. The fourth-order valence-electron chi connectivity index (χ4n) is 1.49. The van der Waals surface area contributed by atoms with Gasteiger partial charge in [-0.25, -0.2) is 0 Å². The van der Waals surface area contributed by atoms with Crippen molar-refractivity contribution in [2.75, 3.05) is 27.9 Å². The molecule has 0 fully saturated rings. The van der Waals surface area contributed by atoms with Gasteiger partial charge in [0.15, 0.2) is 0 Å². The molecule has 0 atom stereocenters. The Morgan fingerprint density at radius 1 is 1.47 bits per heavy atom. The van der Waals surface area contributed by atoms with Gasteiger partial charge in [-0.15, -0.1) is 0 Å². The van der Waals surface area contributed by atoms with Crippen molar-refractivity contribution >= 4 is 15.9 Å². The average molecular weight is 273 g/mol. The van der Waals surface area contributed by atoms with Gasteiger partial charge in [0.25, 0.3) is 0 Å². The molecule has 0 aromatic heterocycles. The van der Waals surface area contributed by atoms with Crippen LogP contribution in [0.1, 0.15) is 5.56 Å². The molecule has 0 bridgehead atoms. The second-order valence-corrected chi connectivity index (χ2v) is 4.40. The molecule has 0 aliphatic carbocycles. The lowest BCUT2D eigenvalue weighted by Crippen LogP contribution is -2.28. The number of hydrogen-bond acceptors (Lipinski definition) is 3. The molecule has 1 aromatic carbocycles. The average Bonchev–Trinajstić information content (AvgIpc) is 2.18. The number of halogens is 1. The molecule has 0 amide bonds. The Labute approximate surface area is 99.5 Å². The Hall–Kier alpha value is -0.580. The first-order valence-corrected chi connectivity index (χ1v) is 5.62. The van der Waals surface area contributed by atoms with Crippen molar-refractivity contribution in [2.24, 2.45) is 0 Å². The van der Waals surface area contributed by atoms with Crippen LogP contribution >= 0.6 is 15.9 Å². The van der Waals surface area contributed by atoms with E-state index in [0.29, 0.717) is 0 Å². The van der Waals surface area contributed by atoms with E-state index < -0.39 is 0 Å². The smallest absolute Gasteiger partial charge is 0.123 e. The predicted molar refractivity (Wildman–Crippen MR) is 66.1 cm³/mol. The normalized spacial score (nSPS) is 10.7. The molecule has 0 aliphatic rings. The van der Waals surface area contributed by atoms with E-state index in [2.05, 4.69) is 39.3 Å². The van der Waals surface area contributed by atoms with E-state index >= 15 is 0 Å². The van der Waals surface area contributed by atoms with Crippen LogP contribution in [-0.4, -0.2) is 32.8 Å². The summed E-state index contributed by atoms with van der Waals surface area (Å²) < 4.78 is 6.39. The molecule has 0 unspecified atom stereocenters. The second kappa shape index (κ2) is 6.10. The molecule has 0 saturated carbocycles. The summed E-state index contributed by atoms with van der Waals surface area (Å²) in [4.78, 5) is 2.18. The summed E-state index contributed by atoms with van der Waals surface area (Å²) in [7, 11) is 5.70. The first kappa shape index (κ1) is 12.5. The summed E-state index contributed by atoms with van der Waals surface area (Å²) in [6, 6.07) is 6.05. The van der Waals surface area contributed by atoms with Gasteiger partial charge in [-0.2, -0.15) is 0 Å². The Bertz CT molecular complexity index is 317. The summed E-state index contributed by atoms with van der Waals surface area (Å²) in [6.07, 6.45) is 0. The summed E-state index contributed by atoms with van der Waals surface area (Å²) in [5, 5.41) is 3.11. The summed E-state index contributed by atoms with van der Waals surface area (Å²) in [5.41, 5.74) is 1.18. The van der Waals surface area contributed by atoms with Crippen LogP contribution in [0.5, 0.6) is 5.75 Å². The number of nitrogens with zero attached hydrogens (tertiary/aromatic N) is 1. The van der Waals surface area contributed by atoms with E-state index in [4.69, 9.17) is 4.74 Å². The SMILES string of the molecule is CNCN(C)Cc1cc(Br)ccc1OC. The van der Waals surface area contributed by atoms with Gasteiger partial charge in [-0.3, -0.25) is 4.90 Å². The standard InChI is InChI=1S/C11H17BrN2O/c1-13-8-14(2)7-9-6-10(12)4-5-11(9)15-3/h4-6,13H,7-8H2,1-3H3. The number of ether oxygens (including phenoxy) is 1. The second-order valence-electron chi connectivity index (χ2n) is 3.48. The van der Waals surface area contributed by atoms with Crippen molar-refractivity contribution in [1.82, 2.24) is 10.2 Å². The van der Waals surface area contributed by atoms with Gasteiger partial charge < -0.3 is 10.1 Å². The molecule has 3 nitrogen and oxygen atoms in total. The lowest BCUT2D eigenvalue weighted by Gasteiger charge is -2.17. The molecule has 4 heteroatoms. The monoisotopic (exact) mass is 272 g/mol. The van der Waals surface area contributed by atoms with E-state index in [0.717, 1.165) is 23.4 Å². The molecule has 0 spiro atoms. The van der Waals surface area contributed by atoms with Crippen molar-refractivity contribution in [3.05, 3.63) is 28.2 Å². The zero-order valence-corrected chi connectivity index (χ0v) is 11.0. The minimum atomic E-state index is 0.857. The van der Waals surface area contributed by atoms with Crippen LogP contribution in [0.4, 0.5) is 0 Å². The largest absolute Gasteiger partial charge is 0.496 e. The molecular formula is C11H17BrN2O. The van der Waals surface area contributed by atoms with Crippen LogP contribution in [0, 0.1) is 0 Å². The highest BCUT2D eigenvalue weighted by Gasteiger charge is 2.06. The molecule has 0 aliphatic heterocycles. The third-order valence-corrected chi connectivity index (χ3v) is 2.60. The highest BCUT2D eigenvalue weighted by atomic mass is 79.9. The first-order chi connectivity index (χ1) is 7.17. The van der Waals surface area contributed by atoms with E-state index in [-0.39, 0.29) is 0 Å². The summed E-state index contributed by atoms with van der Waals surface area (Å²) in [5.74, 6) is 0.932. The third kappa shape index (κ3) is 3.81. The lowest BCUT2D eigenvalue weighted by atomic mass is 10.2. The summed E-state index contributed by atoms with van der Waals surface area (Å²) in [6.45, 7) is 1.72. The molecule has 1 N–H and O–H groups in total. The van der Waals surface area contributed by atoms with Crippen molar-refractivity contribution in [1.29, 1.82) is 0 Å². The highest BCUT2D eigenvalue weighted by Crippen LogP contribution is 2.23. The highest BCUT2D eigenvalue weighted by molar-refractivity contribution is 9.10. The number of methoxy groups -OCH3 is 1. The fraction of sp³-hybridized carbons (Fsp3) is 0.455. The molecule has 15 heavy (non-hydrogen) atoms. The number of hydrogen-bond donors (Lipinski definition) is 1. The summed E-state index contributed by atoms with van der Waals surface area (Å²) >= 11 is 3.46. The van der Waals surface area contributed by atoms with E-state index in [9.17, 15) is 0 Å². The minimum Gasteiger partial charge on any atom is -0.496 e. The van der Waals surface area contributed by atoms with Gasteiger partial charge in [0, 0.05) is 23.2 Å². The van der Waals surface area contributed by atoms with Gasteiger partial charge in [-0.1, -0.05) is 15.9 Å². The maximum absolute atomic E-state index is 5.31. The number of benzene rings is 1. The van der Waals surface area contributed by atoms with E-state index in [1.165, 1.54) is 5.56 Å². The molecular weight excluding hydrogens is 256 g/mol. The Balaban J connectivity index is 2.77. The molecule has 0 saturated heterocycles. The van der Waals surface area contributed by atoms with Gasteiger partial charge >= 0.3 is 0 Å². The Morgan fingerprint density at radius 3 is 2.80 bits per heavy atom. The van der Waals surface area contributed by atoms with Crippen molar-refractivity contribution in [2.45, 2.75) is 6.54 Å². The van der Waals surface area contributed by atoms with Crippen LogP contribution in [-0.2, 0) is 6.54 Å². The Morgan fingerprint density at radius 2 is 2.20 bits per heavy atom. The van der Waals surface area contributed by atoms with Gasteiger partial charge in [0.05, 0.1) is 7.11 Å².